The fraction of sp³-hybridized carbons (Fsp3) is 1.00. The molecule has 0 amide bonds. The van der Waals surface area contributed by atoms with Crippen LogP contribution < -0.4 is 11.1 Å². The van der Waals surface area contributed by atoms with Crippen LogP contribution >= 0.6 is 0 Å². The van der Waals surface area contributed by atoms with Crippen molar-refractivity contribution in [3.8, 4) is 0 Å². The van der Waals surface area contributed by atoms with Crippen molar-refractivity contribution in [1.82, 2.24) is 5.32 Å². The van der Waals surface area contributed by atoms with Gasteiger partial charge in [0.1, 0.15) is 0 Å². The molecule has 0 heterocycles. The van der Waals surface area contributed by atoms with E-state index in [1.54, 1.807) is 0 Å². The first kappa shape index (κ1) is 10.0. The molecule has 1 atom stereocenters. The molecule has 0 saturated heterocycles. The van der Waals surface area contributed by atoms with E-state index in [0.29, 0.717) is 5.92 Å². The quantitative estimate of drug-likeness (QED) is 0.654. The second-order valence-corrected chi connectivity index (χ2v) is 4.36. The van der Waals surface area contributed by atoms with Crippen LogP contribution in [0.1, 0.15) is 33.1 Å². The van der Waals surface area contributed by atoms with Gasteiger partial charge in [0.15, 0.2) is 0 Å². The molecule has 0 bridgehead atoms. The third-order valence-corrected chi connectivity index (χ3v) is 2.85. The van der Waals surface area contributed by atoms with E-state index in [0.717, 1.165) is 25.0 Å². The lowest BCUT2D eigenvalue weighted by Gasteiger charge is -2.33. The van der Waals surface area contributed by atoms with E-state index < -0.39 is 0 Å². The second-order valence-electron chi connectivity index (χ2n) is 4.36. The Hall–Kier alpha value is -0.0800. The lowest BCUT2D eigenvalue weighted by atomic mass is 9.82. The summed E-state index contributed by atoms with van der Waals surface area (Å²) in [7, 11) is 0. The molecular weight excluding hydrogens is 148 g/mol. The highest BCUT2D eigenvalue weighted by Gasteiger charge is 2.24. The minimum absolute atomic E-state index is 0.676. The standard InChI is InChI=1S/C10H22N2/c1-8(7-11)3-4-12-10-5-9(2)6-10/h8-10,12H,3-7,11H2,1-2H3. The summed E-state index contributed by atoms with van der Waals surface area (Å²) < 4.78 is 0. The summed E-state index contributed by atoms with van der Waals surface area (Å²) in [6.45, 7) is 6.50. The van der Waals surface area contributed by atoms with Gasteiger partial charge in [-0.2, -0.15) is 0 Å². The Morgan fingerprint density at radius 2 is 2.17 bits per heavy atom. The summed E-state index contributed by atoms with van der Waals surface area (Å²) >= 11 is 0. The molecule has 0 radical (unpaired) electrons. The SMILES string of the molecule is CC(CN)CCNC1CC(C)C1. The van der Waals surface area contributed by atoms with Gasteiger partial charge in [-0.25, -0.2) is 0 Å². The minimum Gasteiger partial charge on any atom is -0.330 e. The van der Waals surface area contributed by atoms with Crippen molar-refractivity contribution in [2.24, 2.45) is 17.6 Å². The maximum atomic E-state index is 5.53. The summed E-state index contributed by atoms with van der Waals surface area (Å²) in [6.07, 6.45) is 3.97. The minimum atomic E-state index is 0.676. The Balaban J connectivity index is 1.89. The summed E-state index contributed by atoms with van der Waals surface area (Å²) in [4.78, 5) is 0. The number of rotatable bonds is 5. The van der Waals surface area contributed by atoms with Gasteiger partial charge in [0, 0.05) is 6.04 Å². The van der Waals surface area contributed by atoms with Crippen LogP contribution in [0, 0.1) is 11.8 Å². The van der Waals surface area contributed by atoms with Crippen molar-refractivity contribution in [2.75, 3.05) is 13.1 Å². The van der Waals surface area contributed by atoms with E-state index in [2.05, 4.69) is 19.2 Å². The molecule has 1 aliphatic carbocycles. The molecule has 12 heavy (non-hydrogen) atoms. The number of hydrogen-bond acceptors (Lipinski definition) is 2. The molecule has 0 aromatic rings. The highest BCUT2D eigenvalue weighted by atomic mass is 14.9. The molecule has 72 valence electrons. The van der Waals surface area contributed by atoms with E-state index in [-0.39, 0.29) is 0 Å². The van der Waals surface area contributed by atoms with Crippen LogP contribution in [0.15, 0.2) is 0 Å². The summed E-state index contributed by atoms with van der Waals surface area (Å²) in [5.41, 5.74) is 5.53. The zero-order chi connectivity index (χ0) is 8.97. The van der Waals surface area contributed by atoms with Crippen molar-refractivity contribution in [1.29, 1.82) is 0 Å². The lowest BCUT2D eigenvalue weighted by Crippen LogP contribution is -2.41. The van der Waals surface area contributed by atoms with Crippen LogP contribution in [0.2, 0.25) is 0 Å². The van der Waals surface area contributed by atoms with Gasteiger partial charge in [-0.05, 0) is 44.2 Å². The fourth-order valence-electron chi connectivity index (χ4n) is 1.72. The molecule has 1 rings (SSSR count). The molecule has 3 N–H and O–H groups in total. The van der Waals surface area contributed by atoms with Crippen molar-refractivity contribution in [3.63, 3.8) is 0 Å². The Morgan fingerprint density at radius 3 is 2.67 bits per heavy atom. The van der Waals surface area contributed by atoms with Crippen molar-refractivity contribution >= 4 is 0 Å². The molecule has 2 heteroatoms. The molecule has 1 saturated carbocycles. The van der Waals surface area contributed by atoms with Crippen LogP contribution in [0.4, 0.5) is 0 Å². The monoisotopic (exact) mass is 170 g/mol. The van der Waals surface area contributed by atoms with Gasteiger partial charge in [-0.1, -0.05) is 13.8 Å². The predicted molar refractivity (Wildman–Crippen MR) is 53.0 cm³/mol. The average Bonchev–Trinajstić information content (AvgIpc) is 2.01. The summed E-state index contributed by atoms with van der Waals surface area (Å²) in [6, 6.07) is 0.810. The van der Waals surface area contributed by atoms with Gasteiger partial charge in [0.25, 0.3) is 0 Å². The molecule has 0 spiro atoms. The highest BCUT2D eigenvalue weighted by molar-refractivity contribution is 4.82. The fourth-order valence-corrected chi connectivity index (χ4v) is 1.72. The van der Waals surface area contributed by atoms with E-state index in [1.807, 2.05) is 0 Å². The molecular formula is C10H22N2. The maximum absolute atomic E-state index is 5.53. The largest absolute Gasteiger partial charge is 0.330 e. The lowest BCUT2D eigenvalue weighted by molar-refractivity contribution is 0.238. The zero-order valence-electron chi connectivity index (χ0n) is 8.34. The average molecular weight is 170 g/mol. The Morgan fingerprint density at radius 1 is 1.50 bits per heavy atom. The van der Waals surface area contributed by atoms with Crippen molar-refractivity contribution in [3.05, 3.63) is 0 Å². The van der Waals surface area contributed by atoms with Crippen LogP contribution in [0.25, 0.3) is 0 Å². The Labute approximate surface area is 75.9 Å². The van der Waals surface area contributed by atoms with Gasteiger partial charge in [0.05, 0.1) is 0 Å². The van der Waals surface area contributed by atoms with Gasteiger partial charge >= 0.3 is 0 Å². The third kappa shape index (κ3) is 3.11. The maximum Gasteiger partial charge on any atom is 0.00721 e. The van der Waals surface area contributed by atoms with Crippen LogP contribution in [-0.4, -0.2) is 19.1 Å². The topological polar surface area (TPSA) is 38.0 Å². The Bertz CT molecular complexity index is 119. The van der Waals surface area contributed by atoms with E-state index >= 15 is 0 Å². The third-order valence-electron chi connectivity index (χ3n) is 2.85. The molecule has 2 nitrogen and oxygen atoms in total. The highest BCUT2D eigenvalue weighted by Crippen LogP contribution is 2.26. The number of nitrogens with one attached hydrogen (secondary N) is 1. The first-order chi connectivity index (χ1) is 5.72. The predicted octanol–water partition coefficient (Wildman–Crippen LogP) is 1.36. The number of nitrogens with two attached hydrogens (primary N) is 1. The summed E-state index contributed by atoms with van der Waals surface area (Å²) in [5, 5.41) is 3.56. The molecule has 1 aliphatic rings. The molecule has 1 fully saturated rings. The van der Waals surface area contributed by atoms with Crippen molar-refractivity contribution < 1.29 is 0 Å². The Kier molecular flexibility index (Phi) is 4.02. The normalized spacial score (nSPS) is 31.2. The van der Waals surface area contributed by atoms with Gasteiger partial charge in [0.2, 0.25) is 0 Å². The molecule has 0 aromatic carbocycles. The summed E-state index contributed by atoms with van der Waals surface area (Å²) in [5.74, 6) is 1.63. The second kappa shape index (κ2) is 4.83. The zero-order valence-corrected chi connectivity index (χ0v) is 8.34. The molecule has 0 aromatic heterocycles. The van der Waals surface area contributed by atoms with Gasteiger partial charge in [-0.3, -0.25) is 0 Å². The first-order valence-electron chi connectivity index (χ1n) is 5.15. The first-order valence-corrected chi connectivity index (χ1v) is 5.15. The van der Waals surface area contributed by atoms with Gasteiger partial charge < -0.3 is 11.1 Å². The smallest absolute Gasteiger partial charge is 0.00721 e. The van der Waals surface area contributed by atoms with Crippen LogP contribution in [0.5, 0.6) is 0 Å². The number of hydrogen-bond donors (Lipinski definition) is 2. The van der Waals surface area contributed by atoms with E-state index in [9.17, 15) is 0 Å². The van der Waals surface area contributed by atoms with E-state index in [4.69, 9.17) is 5.73 Å². The molecule has 1 unspecified atom stereocenters. The molecule has 0 aliphatic heterocycles. The van der Waals surface area contributed by atoms with Crippen LogP contribution in [-0.2, 0) is 0 Å². The van der Waals surface area contributed by atoms with Crippen LogP contribution in [0.3, 0.4) is 0 Å². The van der Waals surface area contributed by atoms with Gasteiger partial charge in [-0.15, -0.1) is 0 Å². The van der Waals surface area contributed by atoms with Crippen molar-refractivity contribution in [2.45, 2.75) is 39.2 Å². The van der Waals surface area contributed by atoms with E-state index in [1.165, 1.54) is 19.3 Å².